The fourth-order valence-corrected chi connectivity index (χ4v) is 5.37. The predicted molar refractivity (Wildman–Crippen MR) is 115 cm³/mol. The average Bonchev–Trinajstić information content (AvgIpc) is 3.28. The molecule has 1 N–H and O–H groups in total. The quantitative estimate of drug-likeness (QED) is 0.557. The van der Waals surface area contributed by atoms with Crippen molar-refractivity contribution >= 4 is 50.8 Å². The summed E-state index contributed by atoms with van der Waals surface area (Å²) in [6.45, 7) is -0.137. The molecule has 178 valence electrons. The number of benzene rings is 2. The van der Waals surface area contributed by atoms with Gasteiger partial charge in [0.1, 0.15) is 4.90 Å². The van der Waals surface area contributed by atoms with Gasteiger partial charge in [0.05, 0.1) is 21.2 Å². The van der Waals surface area contributed by atoms with Crippen LogP contribution in [0.2, 0.25) is 10.0 Å². The molecule has 3 rings (SSSR count). The first kappa shape index (κ1) is 25.3. The topological polar surface area (TPSA) is 92.8 Å². The molecule has 0 atom stereocenters. The van der Waals surface area contributed by atoms with E-state index in [4.69, 9.17) is 27.9 Å². The average molecular weight is 525 g/mol. The predicted octanol–water partition coefficient (Wildman–Crippen LogP) is 4.59. The highest BCUT2D eigenvalue weighted by Gasteiger charge is 2.33. The number of anilines is 1. The number of carbonyl (C=O) groups is 2. The third kappa shape index (κ3) is 5.97. The van der Waals surface area contributed by atoms with Gasteiger partial charge in [-0.3, -0.25) is 4.79 Å². The summed E-state index contributed by atoms with van der Waals surface area (Å²) in [5.74, 6) is -1.91. The molecule has 2 aromatic rings. The Balaban J connectivity index is 1.67. The molecule has 0 spiro atoms. The number of alkyl halides is 3. The van der Waals surface area contributed by atoms with Crippen molar-refractivity contribution in [2.24, 2.45) is 0 Å². The number of esters is 1. The van der Waals surface area contributed by atoms with Crippen molar-refractivity contribution in [1.82, 2.24) is 4.31 Å². The molecule has 0 saturated carbocycles. The lowest BCUT2D eigenvalue weighted by Crippen LogP contribution is -2.28. The molecule has 1 saturated heterocycles. The van der Waals surface area contributed by atoms with E-state index < -0.39 is 45.3 Å². The molecule has 0 bridgehead atoms. The highest BCUT2D eigenvalue weighted by Crippen LogP contribution is 2.36. The number of sulfonamides is 1. The minimum atomic E-state index is -4.72. The van der Waals surface area contributed by atoms with E-state index in [1.54, 1.807) is 0 Å². The van der Waals surface area contributed by atoms with Gasteiger partial charge in [-0.15, -0.1) is 0 Å². The third-order valence-electron chi connectivity index (χ3n) is 4.74. The molecule has 1 aliphatic rings. The van der Waals surface area contributed by atoms with Crippen LogP contribution >= 0.6 is 23.2 Å². The monoisotopic (exact) mass is 524 g/mol. The van der Waals surface area contributed by atoms with Crippen molar-refractivity contribution in [3.8, 4) is 0 Å². The Labute approximate surface area is 197 Å². The van der Waals surface area contributed by atoms with E-state index in [0.29, 0.717) is 32.0 Å². The fourth-order valence-electron chi connectivity index (χ4n) is 3.13. The molecule has 13 heteroatoms. The minimum Gasteiger partial charge on any atom is -0.452 e. The summed E-state index contributed by atoms with van der Waals surface area (Å²) in [6, 6.07) is 6.31. The first-order valence-corrected chi connectivity index (χ1v) is 11.7. The smallest absolute Gasteiger partial charge is 0.417 e. The van der Waals surface area contributed by atoms with Crippen LogP contribution in [-0.2, 0) is 25.7 Å². The number of ether oxygens (including phenoxy) is 1. The van der Waals surface area contributed by atoms with Crippen molar-refractivity contribution in [3.63, 3.8) is 0 Å². The lowest BCUT2D eigenvalue weighted by atomic mass is 10.2. The Morgan fingerprint density at radius 2 is 1.67 bits per heavy atom. The lowest BCUT2D eigenvalue weighted by Gasteiger charge is -2.17. The summed E-state index contributed by atoms with van der Waals surface area (Å²) >= 11 is 11.6. The van der Waals surface area contributed by atoms with Crippen molar-refractivity contribution in [3.05, 3.63) is 57.6 Å². The second kappa shape index (κ2) is 9.88. The summed E-state index contributed by atoms with van der Waals surface area (Å²) in [5.41, 5.74) is -1.49. The molecule has 0 aromatic heterocycles. The molecule has 0 unspecified atom stereocenters. The van der Waals surface area contributed by atoms with Gasteiger partial charge < -0.3 is 10.1 Å². The van der Waals surface area contributed by atoms with Gasteiger partial charge in [0.15, 0.2) is 6.61 Å². The molecule has 0 aliphatic carbocycles. The zero-order chi connectivity index (χ0) is 24.4. The number of nitrogens with zero attached hydrogens (tertiary/aromatic N) is 1. The molecular formula is C20H17Cl2F3N2O5S. The summed E-state index contributed by atoms with van der Waals surface area (Å²) in [7, 11) is -3.91. The van der Waals surface area contributed by atoms with Crippen LogP contribution in [0.5, 0.6) is 0 Å². The maximum Gasteiger partial charge on any atom is 0.417 e. The standard InChI is InChI=1S/C20H17Cl2F3N2O5S/c21-15-6-4-13(10-14(15)20(23,24)25)26-18(28)11-32-19(29)12-3-5-16(22)17(9-12)33(30,31)27-7-1-2-8-27/h3-6,9-10H,1-2,7-8,11H2,(H,26,28). The van der Waals surface area contributed by atoms with Gasteiger partial charge in [-0.2, -0.15) is 17.5 Å². The van der Waals surface area contributed by atoms with Gasteiger partial charge in [-0.1, -0.05) is 23.2 Å². The fraction of sp³-hybridized carbons (Fsp3) is 0.300. The van der Waals surface area contributed by atoms with E-state index in [9.17, 15) is 31.2 Å². The number of hydrogen-bond donors (Lipinski definition) is 1. The Morgan fingerprint density at radius 3 is 2.30 bits per heavy atom. The van der Waals surface area contributed by atoms with Crippen LogP contribution < -0.4 is 5.32 Å². The van der Waals surface area contributed by atoms with Crippen molar-refractivity contribution in [1.29, 1.82) is 0 Å². The van der Waals surface area contributed by atoms with E-state index in [2.05, 4.69) is 5.32 Å². The Morgan fingerprint density at radius 1 is 1.03 bits per heavy atom. The number of halogens is 5. The summed E-state index contributed by atoms with van der Waals surface area (Å²) in [5, 5.41) is 1.57. The number of hydrogen-bond acceptors (Lipinski definition) is 5. The molecule has 7 nitrogen and oxygen atoms in total. The van der Waals surface area contributed by atoms with Gasteiger partial charge in [-0.05, 0) is 49.2 Å². The van der Waals surface area contributed by atoms with Crippen molar-refractivity contribution in [2.45, 2.75) is 23.9 Å². The van der Waals surface area contributed by atoms with Crippen LogP contribution in [0.3, 0.4) is 0 Å². The highest BCUT2D eigenvalue weighted by atomic mass is 35.5. The number of carbonyl (C=O) groups excluding carboxylic acids is 2. The van der Waals surface area contributed by atoms with Crippen LogP contribution in [0.15, 0.2) is 41.3 Å². The molecule has 1 amide bonds. The molecule has 1 fully saturated rings. The highest BCUT2D eigenvalue weighted by molar-refractivity contribution is 7.89. The van der Waals surface area contributed by atoms with Gasteiger partial charge in [-0.25, -0.2) is 13.2 Å². The van der Waals surface area contributed by atoms with Crippen LogP contribution in [0.1, 0.15) is 28.8 Å². The van der Waals surface area contributed by atoms with Crippen molar-refractivity contribution in [2.75, 3.05) is 25.0 Å². The Bertz CT molecular complexity index is 1180. The maximum atomic E-state index is 12.9. The second-order valence-electron chi connectivity index (χ2n) is 7.07. The van der Waals surface area contributed by atoms with Crippen LogP contribution in [0.4, 0.5) is 18.9 Å². The van der Waals surface area contributed by atoms with Gasteiger partial charge in [0.25, 0.3) is 5.91 Å². The van der Waals surface area contributed by atoms with Gasteiger partial charge in [0, 0.05) is 18.8 Å². The van der Waals surface area contributed by atoms with E-state index in [1.165, 1.54) is 16.4 Å². The van der Waals surface area contributed by atoms with E-state index >= 15 is 0 Å². The van der Waals surface area contributed by atoms with E-state index in [-0.39, 0.29) is 21.2 Å². The summed E-state index contributed by atoms with van der Waals surface area (Å²) in [6.07, 6.45) is -3.29. The lowest BCUT2D eigenvalue weighted by molar-refractivity contribution is -0.137. The zero-order valence-corrected chi connectivity index (χ0v) is 19.1. The molecule has 2 aromatic carbocycles. The molecule has 33 heavy (non-hydrogen) atoms. The number of nitrogens with one attached hydrogen (secondary N) is 1. The van der Waals surface area contributed by atoms with E-state index in [0.717, 1.165) is 18.2 Å². The molecule has 1 heterocycles. The first-order chi connectivity index (χ1) is 15.4. The normalized spacial score (nSPS) is 14.8. The molecular weight excluding hydrogens is 508 g/mol. The first-order valence-electron chi connectivity index (χ1n) is 9.53. The van der Waals surface area contributed by atoms with Crippen LogP contribution in [0.25, 0.3) is 0 Å². The Hall–Kier alpha value is -2.34. The summed E-state index contributed by atoms with van der Waals surface area (Å²) < 4.78 is 70.4. The number of amides is 1. The Kier molecular flexibility index (Phi) is 7.57. The maximum absolute atomic E-state index is 12.9. The summed E-state index contributed by atoms with van der Waals surface area (Å²) in [4.78, 5) is 24.1. The third-order valence-corrected chi connectivity index (χ3v) is 7.45. The minimum absolute atomic E-state index is 0.0700. The van der Waals surface area contributed by atoms with Crippen LogP contribution in [0, 0.1) is 0 Å². The van der Waals surface area contributed by atoms with Gasteiger partial charge >= 0.3 is 12.1 Å². The molecule has 0 radical (unpaired) electrons. The van der Waals surface area contributed by atoms with Crippen molar-refractivity contribution < 1.29 is 35.9 Å². The van der Waals surface area contributed by atoms with Crippen LogP contribution in [-0.4, -0.2) is 44.3 Å². The second-order valence-corrected chi connectivity index (χ2v) is 9.79. The largest absolute Gasteiger partial charge is 0.452 e. The number of rotatable bonds is 6. The molecule has 1 aliphatic heterocycles. The SMILES string of the molecule is O=C(COC(=O)c1ccc(Cl)c(S(=O)(=O)N2CCCC2)c1)Nc1ccc(Cl)c(C(F)(F)F)c1. The van der Waals surface area contributed by atoms with Gasteiger partial charge in [0.2, 0.25) is 10.0 Å². The zero-order valence-electron chi connectivity index (χ0n) is 16.8. The van der Waals surface area contributed by atoms with E-state index in [1.807, 2.05) is 0 Å².